The summed E-state index contributed by atoms with van der Waals surface area (Å²) in [5.74, 6) is -0.161. The van der Waals surface area contributed by atoms with Crippen molar-refractivity contribution in [1.82, 2.24) is 15.3 Å². The van der Waals surface area contributed by atoms with Crippen LogP contribution in [0.25, 0.3) is 0 Å². The van der Waals surface area contributed by atoms with Gasteiger partial charge in [0.2, 0.25) is 5.95 Å². The first kappa shape index (κ1) is 22.1. The van der Waals surface area contributed by atoms with Crippen LogP contribution in [-0.4, -0.2) is 35.8 Å². The van der Waals surface area contributed by atoms with Gasteiger partial charge in [0.1, 0.15) is 17.5 Å². The van der Waals surface area contributed by atoms with Crippen molar-refractivity contribution in [3.8, 4) is 0 Å². The van der Waals surface area contributed by atoms with Crippen LogP contribution in [0.5, 0.6) is 0 Å². The quantitative estimate of drug-likeness (QED) is 0.562. The minimum atomic E-state index is -0.481. The number of aromatic nitrogens is 2. The Labute approximate surface area is 179 Å². The summed E-state index contributed by atoms with van der Waals surface area (Å²) in [6.45, 7) is 2.54. The standard InChI is InChI=1S/C22H23F2N5O2/c1-15(14-31-2)27-21-25-12-11-20(28-21)29(19-9-7-18(24)8-10-19)22(30)26-13-16-3-5-17(23)6-4-16/h3-12,15H,13-14H2,1-2H3,(H,26,30)(H,25,27,28). The average molecular weight is 427 g/mol. The highest BCUT2D eigenvalue weighted by molar-refractivity contribution is 5.98. The van der Waals surface area contributed by atoms with Gasteiger partial charge >= 0.3 is 6.03 Å². The van der Waals surface area contributed by atoms with Gasteiger partial charge in [-0.15, -0.1) is 0 Å². The summed E-state index contributed by atoms with van der Waals surface area (Å²) in [6, 6.07) is 12.3. The highest BCUT2D eigenvalue weighted by Crippen LogP contribution is 2.25. The molecule has 2 amide bonds. The van der Waals surface area contributed by atoms with Gasteiger partial charge in [0, 0.05) is 32.0 Å². The number of halogens is 2. The minimum Gasteiger partial charge on any atom is -0.383 e. The fourth-order valence-corrected chi connectivity index (χ4v) is 2.86. The lowest BCUT2D eigenvalue weighted by Gasteiger charge is -2.23. The van der Waals surface area contributed by atoms with Crippen LogP contribution >= 0.6 is 0 Å². The molecule has 162 valence electrons. The largest absolute Gasteiger partial charge is 0.383 e. The van der Waals surface area contributed by atoms with Crippen molar-refractivity contribution < 1.29 is 18.3 Å². The third-order valence-corrected chi connectivity index (χ3v) is 4.31. The van der Waals surface area contributed by atoms with Crippen molar-refractivity contribution in [2.45, 2.75) is 19.5 Å². The van der Waals surface area contributed by atoms with E-state index in [-0.39, 0.29) is 18.4 Å². The molecule has 1 heterocycles. The third kappa shape index (κ3) is 6.19. The second-order valence-electron chi connectivity index (χ2n) is 6.84. The maximum absolute atomic E-state index is 13.4. The van der Waals surface area contributed by atoms with Crippen molar-refractivity contribution in [2.75, 3.05) is 23.9 Å². The first-order valence-corrected chi connectivity index (χ1v) is 9.62. The molecule has 0 bridgehead atoms. The molecule has 0 saturated heterocycles. The summed E-state index contributed by atoms with van der Waals surface area (Å²) in [7, 11) is 1.59. The molecule has 0 aliphatic heterocycles. The molecule has 3 aromatic rings. The minimum absolute atomic E-state index is 0.0492. The molecule has 7 nitrogen and oxygen atoms in total. The zero-order valence-electron chi connectivity index (χ0n) is 17.2. The maximum atomic E-state index is 13.4. The molecular formula is C22H23F2N5O2. The van der Waals surface area contributed by atoms with E-state index in [1.165, 1.54) is 47.5 Å². The number of ether oxygens (including phenoxy) is 1. The van der Waals surface area contributed by atoms with Gasteiger partial charge in [-0.2, -0.15) is 4.98 Å². The number of carbonyl (C=O) groups excluding carboxylic acids is 1. The number of methoxy groups -OCH3 is 1. The Balaban J connectivity index is 1.85. The number of urea groups is 1. The van der Waals surface area contributed by atoms with Crippen molar-refractivity contribution in [2.24, 2.45) is 0 Å². The van der Waals surface area contributed by atoms with E-state index in [1.807, 2.05) is 6.92 Å². The smallest absolute Gasteiger partial charge is 0.327 e. The van der Waals surface area contributed by atoms with Gasteiger partial charge in [0.15, 0.2) is 0 Å². The van der Waals surface area contributed by atoms with Crippen LogP contribution in [-0.2, 0) is 11.3 Å². The van der Waals surface area contributed by atoms with E-state index >= 15 is 0 Å². The predicted octanol–water partition coefficient (Wildman–Crippen LogP) is 4.25. The Morgan fingerprint density at radius 1 is 1.06 bits per heavy atom. The number of benzene rings is 2. The van der Waals surface area contributed by atoms with Crippen LogP contribution in [0.3, 0.4) is 0 Å². The number of anilines is 3. The molecule has 3 rings (SSSR count). The SMILES string of the molecule is COCC(C)Nc1nccc(N(C(=O)NCc2ccc(F)cc2)c2ccc(F)cc2)n1. The van der Waals surface area contributed by atoms with Gasteiger partial charge < -0.3 is 15.4 Å². The molecular weight excluding hydrogens is 404 g/mol. The number of carbonyl (C=O) groups is 1. The normalized spacial score (nSPS) is 11.6. The molecule has 2 aromatic carbocycles. The first-order valence-electron chi connectivity index (χ1n) is 9.62. The lowest BCUT2D eigenvalue weighted by molar-refractivity contribution is 0.190. The van der Waals surface area contributed by atoms with E-state index < -0.39 is 11.8 Å². The third-order valence-electron chi connectivity index (χ3n) is 4.31. The van der Waals surface area contributed by atoms with Gasteiger partial charge in [-0.05, 0) is 48.9 Å². The summed E-state index contributed by atoms with van der Waals surface area (Å²) >= 11 is 0. The lowest BCUT2D eigenvalue weighted by atomic mass is 10.2. The molecule has 0 aliphatic rings. The second-order valence-corrected chi connectivity index (χ2v) is 6.84. The Morgan fingerprint density at radius 3 is 2.35 bits per heavy atom. The monoisotopic (exact) mass is 427 g/mol. The molecule has 1 atom stereocenters. The van der Waals surface area contributed by atoms with E-state index in [1.54, 1.807) is 25.3 Å². The number of rotatable bonds is 8. The Bertz CT molecular complexity index is 1000. The van der Waals surface area contributed by atoms with Crippen LogP contribution < -0.4 is 15.5 Å². The van der Waals surface area contributed by atoms with E-state index in [9.17, 15) is 13.6 Å². The van der Waals surface area contributed by atoms with E-state index in [2.05, 4.69) is 20.6 Å². The Hall–Kier alpha value is -3.59. The highest BCUT2D eigenvalue weighted by atomic mass is 19.1. The summed E-state index contributed by atoms with van der Waals surface area (Å²) in [5.41, 5.74) is 1.15. The number of amides is 2. The number of hydrogen-bond acceptors (Lipinski definition) is 5. The molecule has 1 unspecified atom stereocenters. The van der Waals surface area contributed by atoms with Gasteiger partial charge in [-0.3, -0.25) is 0 Å². The lowest BCUT2D eigenvalue weighted by Crippen LogP contribution is -2.37. The first-order chi connectivity index (χ1) is 15.0. The molecule has 0 saturated carbocycles. The van der Waals surface area contributed by atoms with Crippen LogP contribution in [0, 0.1) is 11.6 Å². The second kappa shape index (κ2) is 10.4. The van der Waals surface area contributed by atoms with E-state index in [0.29, 0.717) is 24.1 Å². The van der Waals surface area contributed by atoms with Crippen molar-refractivity contribution in [1.29, 1.82) is 0 Å². The summed E-state index contributed by atoms with van der Waals surface area (Å²) in [4.78, 5) is 23.0. The Morgan fingerprint density at radius 2 is 1.71 bits per heavy atom. The molecule has 0 radical (unpaired) electrons. The molecule has 2 N–H and O–H groups in total. The molecule has 9 heteroatoms. The van der Waals surface area contributed by atoms with Crippen molar-refractivity contribution in [3.05, 3.63) is 78.0 Å². The summed E-state index contributed by atoms with van der Waals surface area (Å²) < 4.78 is 31.7. The topological polar surface area (TPSA) is 79.4 Å². The Kier molecular flexibility index (Phi) is 7.45. The van der Waals surface area contributed by atoms with Crippen LogP contribution in [0.4, 0.5) is 31.0 Å². The number of nitrogens with one attached hydrogen (secondary N) is 2. The van der Waals surface area contributed by atoms with Gasteiger partial charge in [0.05, 0.1) is 12.3 Å². The van der Waals surface area contributed by atoms with Gasteiger partial charge in [-0.1, -0.05) is 12.1 Å². The van der Waals surface area contributed by atoms with E-state index in [4.69, 9.17) is 4.74 Å². The average Bonchev–Trinajstić information content (AvgIpc) is 2.75. The van der Waals surface area contributed by atoms with Crippen molar-refractivity contribution in [3.63, 3.8) is 0 Å². The number of hydrogen-bond donors (Lipinski definition) is 2. The van der Waals surface area contributed by atoms with Crippen LogP contribution in [0.15, 0.2) is 60.8 Å². The fraction of sp³-hybridized carbons (Fsp3) is 0.227. The zero-order valence-corrected chi connectivity index (χ0v) is 17.2. The highest BCUT2D eigenvalue weighted by Gasteiger charge is 2.20. The van der Waals surface area contributed by atoms with Gasteiger partial charge in [-0.25, -0.2) is 23.5 Å². The van der Waals surface area contributed by atoms with E-state index in [0.717, 1.165) is 5.56 Å². The molecule has 31 heavy (non-hydrogen) atoms. The maximum Gasteiger partial charge on any atom is 0.327 e. The molecule has 0 spiro atoms. The number of nitrogens with zero attached hydrogens (tertiary/aromatic N) is 3. The van der Waals surface area contributed by atoms with Crippen LogP contribution in [0.2, 0.25) is 0 Å². The van der Waals surface area contributed by atoms with Crippen LogP contribution in [0.1, 0.15) is 12.5 Å². The molecule has 0 aliphatic carbocycles. The van der Waals surface area contributed by atoms with Gasteiger partial charge in [0.25, 0.3) is 0 Å². The van der Waals surface area contributed by atoms with Crippen molar-refractivity contribution >= 4 is 23.5 Å². The summed E-state index contributed by atoms with van der Waals surface area (Å²) in [5, 5.41) is 5.88. The molecule has 0 fully saturated rings. The fourth-order valence-electron chi connectivity index (χ4n) is 2.86. The zero-order chi connectivity index (χ0) is 22.2. The molecule has 1 aromatic heterocycles. The predicted molar refractivity (Wildman–Crippen MR) is 114 cm³/mol. The summed E-state index contributed by atoms with van der Waals surface area (Å²) in [6.07, 6.45) is 1.52.